The molecule has 0 spiro atoms. The van der Waals surface area contributed by atoms with E-state index in [0.29, 0.717) is 17.9 Å². The molecule has 21 heavy (non-hydrogen) atoms. The Labute approximate surface area is 127 Å². The van der Waals surface area contributed by atoms with Crippen LogP contribution < -0.4 is 11.1 Å². The van der Waals surface area contributed by atoms with E-state index in [1.165, 1.54) is 23.8 Å². The number of nitrogen functional groups attached to an aromatic ring is 1. The Balaban J connectivity index is 1.74. The number of hydrogen-bond acceptors (Lipinski definition) is 3. The fourth-order valence-electron chi connectivity index (χ4n) is 1.78. The van der Waals surface area contributed by atoms with Crippen molar-refractivity contribution in [3.63, 3.8) is 0 Å². The van der Waals surface area contributed by atoms with Gasteiger partial charge in [0.2, 0.25) is 5.91 Å². The lowest BCUT2D eigenvalue weighted by molar-refractivity contribution is -0.115. The number of nitrogens with one attached hydrogen (secondary N) is 1. The second-order valence-corrected chi connectivity index (χ2v) is 5.68. The highest BCUT2D eigenvalue weighted by molar-refractivity contribution is 7.98. The summed E-state index contributed by atoms with van der Waals surface area (Å²) in [6.07, 6.45) is 0.339. The van der Waals surface area contributed by atoms with Crippen LogP contribution in [-0.4, -0.2) is 11.7 Å². The smallest absolute Gasteiger partial charge is 0.225 e. The molecule has 0 saturated carbocycles. The Morgan fingerprint density at radius 2 is 1.95 bits per heavy atom. The van der Waals surface area contributed by atoms with E-state index in [2.05, 4.69) is 17.4 Å². The van der Waals surface area contributed by atoms with E-state index in [4.69, 9.17) is 5.73 Å². The van der Waals surface area contributed by atoms with Crippen LogP contribution in [0.3, 0.4) is 0 Å². The zero-order chi connectivity index (χ0) is 15.1. The SMILES string of the molecule is Nc1ccc(F)c(NC(=O)CCSCc2ccccc2)c1. The Kier molecular flexibility index (Phi) is 5.63. The molecule has 0 aliphatic rings. The summed E-state index contributed by atoms with van der Waals surface area (Å²) in [7, 11) is 0. The molecule has 1 amide bonds. The average Bonchev–Trinajstić information content (AvgIpc) is 2.48. The van der Waals surface area contributed by atoms with Crippen molar-refractivity contribution < 1.29 is 9.18 Å². The maximum Gasteiger partial charge on any atom is 0.225 e. The minimum Gasteiger partial charge on any atom is -0.399 e. The van der Waals surface area contributed by atoms with E-state index in [1.807, 2.05) is 18.2 Å². The maximum absolute atomic E-state index is 13.5. The van der Waals surface area contributed by atoms with E-state index in [0.717, 1.165) is 5.75 Å². The minimum absolute atomic E-state index is 0.132. The van der Waals surface area contributed by atoms with Crippen LogP contribution in [0.1, 0.15) is 12.0 Å². The fraction of sp³-hybridized carbons (Fsp3) is 0.188. The molecule has 0 aliphatic carbocycles. The molecular weight excluding hydrogens is 287 g/mol. The van der Waals surface area contributed by atoms with Gasteiger partial charge in [-0.05, 0) is 23.8 Å². The number of carbonyl (C=O) groups excluding carboxylic acids is 1. The van der Waals surface area contributed by atoms with E-state index in [-0.39, 0.29) is 11.6 Å². The van der Waals surface area contributed by atoms with Crippen molar-refractivity contribution in [1.82, 2.24) is 0 Å². The number of benzene rings is 2. The van der Waals surface area contributed by atoms with Crippen LogP contribution in [0.2, 0.25) is 0 Å². The molecule has 110 valence electrons. The van der Waals surface area contributed by atoms with Crippen molar-refractivity contribution in [3.05, 3.63) is 59.9 Å². The van der Waals surface area contributed by atoms with Crippen LogP contribution in [0, 0.1) is 5.82 Å². The molecule has 0 heterocycles. The van der Waals surface area contributed by atoms with Gasteiger partial charge in [0.25, 0.3) is 0 Å². The van der Waals surface area contributed by atoms with Gasteiger partial charge < -0.3 is 11.1 Å². The Bertz CT molecular complexity index is 604. The lowest BCUT2D eigenvalue weighted by Gasteiger charge is -2.07. The summed E-state index contributed by atoms with van der Waals surface area (Å²) < 4.78 is 13.5. The molecule has 3 N–H and O–H groups in total. The summed E-state index contributed by atoms with van der Waals surface area (Å²) in [5.74, 6) is 0.861. The average molecular weight is 304 g/mol. The van der Waals surface area contributed by atoms with Crippen LogP contribution in [-0.2, 0) is 10.5 Å². The Morgan fingerprint density at radius 1 is 1.19 bits per heavy atom. The first-order valence-corrected chi connectivity index (χ1v) is 7.77. The molecule has 0 aliphatic heterocycles. The van der Waals surface area contributed by atoms with Gasteiger partial charge in [-0.3, -0.25) is 4.79 Å². The highest BCUT2D eigenvalue weighted by atomic mass is 32.2. The standard InChI is InChI=1S/C16H17FN2OS/c17-14-7-6-13(18)10-15(14)19-16(20)8-9-21-11-12-4-2-1-3-5-12/h1-7,10H,8-9,11,18H2,(H,19,20). The lowest BCUT2D eigenvalue weighted by Crippen LogP contribution is -2.13. The highest BCUT2D eigenvalue weighted by Gasteiger charge is 2.07. The third-order valence-electron chi connectivity index (χ3n) is 2.85. The van der Waals surface area contributed by atoms with Crippen LogP contribution in [0.25, 0.3) is 0 Å². The molecule has 2 aromatic rings. The Hall–Kier alpha value is -2.01. The normalized spacial score (nSPS) is 10.3. The zero-order valence-electron chi connectivity index (χ0n) is 11.5. The monoisotopic (exact) mass is 304 g/mol. The molecule has 0 fully saturated rings. The van der Waals surface area contributed by atoms with E-state index < -0.39 is 5.82 Å². The molecule has 0 atom stereocenters. The quantitative estimate of drug-likeness (QED) is 0.632. The number of carbonyl (C=O) groups is 1. The summed E-state index contributed by atoms with van der Waals surface area (Å²) in [5, 5.41) is 2.54. The molecule has 2 aromatic carbocycles. The van der Waals surface area contributed by atoms with Gasteiger partial charge in [0.1, 0.15) is 5.82 Å². The van der Waals surface area contributed by atoms with E-state index in [9.17, 15) is 9.18 Å². The van der Waals surface area contributed by atoms with Crippen molar-refractivity contribution >= 4 is 29.0 Å². The lowest BCUT2D eigenvalue weighted by atomic mass is 10.2. The second kappa shape index (κ2) is 7.69. The van der Waals surface area contributed by atoms with Gasteiger partial charge in [-0.1, -0.05) is 30.3 Å². The highest BCUT2D eigenvalue weighted by Crippen LogP contribution is 2.18. The predicted octanol–water partition coefficient (Wildman–Crippen LogP) is 3.67. The second-order valence-electron chi connectivity index (χ2n) is 4.58. The molecular formula is C16H17FN2OS. The first-order valence-electron chi connectivity index (χ1n) is 6.61. The van der Waals surface area contributed by atoms with Crippen molar-refractivity contribution in [2.24, 2.45) is 0 Å². The molecule has 2 rings (SSSR count). The summed E-state index contributed by atoms with van der Waals surface area (Å²) in [5.41, 5.74) is 7.35. The van der Waals surface area contributed by atoms with Crippen molar-refractivity contribution in [1.29, 1.82) is 0 Å². The first-order chi connectivity index (χ1) is 10.1. The number of anilines is 2. The molecule has 0 unspecified atom stereocenters. The number of halogens is 1. The summed E-state index contributed by atoms with van der Waals surface area (Å²) >= 11 is 1.67. The molecule has 5 heteroatoms. The number of amides is 1. The van der Waals surface area contributed by atoms with Crippen molar-refractivity contribution in [2.45, 2.75) is 12.2 Å². The number of thioether (sulfide) groups is 1. The molecule has 0 radical (unpaired) electrons. The van der Waals surface area contributed by atoms with Gasteiger partial charge in [0.05, 0.1) is 5.69 Å². The van der Waals surface area contributed by atoms with Crippen LogP contribution in [0.4, 0.5) is 15.8 Å². The minimum atomic E-state index is -0.477. The molecule has 0 bridgehead atoms. The van der Waals surface area contributed by atoms with E-state index >= 15 is 0 Å². The van der Waals surface area contributed by atoms with Crippen LogP contribution >= 0.6 is 11.8 Å². The summed E-state index contributed by atoms with van der Waals surface area (Å²) in [6.45, 7) is 0. The molecule has 0 aromatic heterocycles. The number of nitrogens with two attached hydrogens (primary N) is 1. The Morgan fingerprint density at radius 3 is 2.71 bits per heavy atom. The molecule has 3 nitrogen and oxygen atoms in total. The van der Waals surface area contributed by atoms with Gasteiger partial charge in [-0.2, -0.15) is 11.8 Å². The van der Waals surface area contributed by atoms with Gasteiger partial charge in [-0.15, -0.1) is 0 Å². The third-order valence-corrected chi connectivity index (χ3v) is 3.88. The largest absolute Gasteiger partial charge is 0.399 e. The topological polar surface area (TPSA) is 55.1 Å². The van der Waals surface area contributed by atoms with E-state index in [1.54, 1.807) is 11.8 Å². The number of rotatable bonds is 6. The summed E-state index contributed by atoms with van der Waals surface area (Å²) in [6, 6.07) is 14.2. The van der Waals surface area contributed by atoms with Gasteiger partial charge in [0, 0.05) is 23.6 Å². The van der Waals surface area contributed by atoms with Crippen LogP contribution in [0.5, 0.6) is 0 Å². The fourth-order valence-corrected chi connectivity index (χ4v) is 2.68. The van der Waals surface area contributed by atoms with Crippen molar-refractivity contribution in [3.8, 4) is 0 Å². The van der Waals surface area contributed by atoms with Gasteiger partial charge >= 0.3 is 0 Å². The first kappa shape index (κ1) is 15.4. The van der Waals surface area contributed by atoms with Gasteiger partial charge in [0.15, 0.2) is 0 Å². The molecule has 0 saturated heterocycles. The zero-order valence-corrected chi connectivity index (χ0v) is 12.3. The predicted molar refractivity (Wildman–Crippen MR) is 86.7 cm³/mol. The van der Waals surface area contributed by atoms with Crippen LogP contribution in [0.15, 0.2) is 48.5 Å². The third kappa shape index (κ3) is 5.11. The van der Waals surface area contributed by atoms with Crippen molar-refractivity contribution in [2.75, 3.05) is 16.8 Å². The maximum atomic E-state index is 13.5. The van der Waals surface area contributed by atoms with Gasteiger partial charge in [-0.25, -0.2) is 4.39 Å². The number of hydrogen-bond donors (Lipinski definition) is 2. The summed E-state index contributed by atoms with van der Waals surface area (Å²) in [4.78, 5) is 11.8.